The molecular formula is C18H13N5OS2. The maximum atomic E-state index is 12.8. The summed E-state index contributed by atoms with van der Waals surface area (Å²) in [6, 6.07) is 5.72. The molecule has 1 fully saturated rings. The normalized spacial score (nSPS) is 17.5. The number of carbonyl (C=O) groups excluding carboxylic acids is 1. The summed E-state index contributed by atoms with van der Waals surface area (Å²) in [6.07, 6.45) is 8.51. The number of aliphatic imine (C=N–C) groups is 1. The lowest BCUT2D eigenvalue weighted by Gasteiger charge is -2.11. The molecule has 1 aliphatic rings. The van der Waals surface area contributed by atoms with Crippen LogP contribution in [0.5, 0.6) is 0 Å². The molecule has 0 saturated carbocycles. The molecule has 0 atom stereocenters. The Kier molecular flexibility index (Phi) is 4.59. The molecule has 1 amide bonds. The van der Waals surface area contributed by atoms with Crippen LogP contribution in [0, 0.1) is 0 Å². The van der Waals surface area contributed by atoms with Gasteiger partial charge in [0.05, 0.1) is 15.9 Å². The Morgan fingerprint density at radius 3 is 2.88 bits per heavy atom. The third kappa shape index (κ3) is 3.16. The van der Waals surface area contributed by atoms with Gasteiger partial charge in [0.15, 0.2) is 5.17 Å². The Bertz CT molecular complexity index is 1040. The number of amides is 1. The van der Waals surface area contributed by atoms with E-state index in [4.69, 9.17) is 0 Å². The number of thioether (sulfide) groups is 1. The maximum Gasteiger partial charge on any atom is 0.267 e. The van der Waals surface area contributed by atoms with Gasteiger partial charge < -0.3 is 0 Å². The van der Waals surface area contributed by atoms with Crippen molar-refractivity contribution in [3.8, 4) is 0 Å². The van der Waals surface area contributed by atoms with E-state index in [1.165, 1.54) is 23.1 Å². The Morgan fingerprint density at radius 2 is 2.08 bits per heavy atom. The number of aromatic nitrogens is 3. The Hall–Kier alpha value is -2.84. The first-order valence-corrected chi connectivity index (χ1v) is 9.46. The molecule has 0 N–H and O–H groups in total. The number of carbonyl (C=O) groups is 1. The number of hydrogen-bond acceptors (Lipinski definition) is 7. The molecule has 3 heterocycles. The van der Waals surface area contributed by atoms with Gasteiger partial charge in [-0.05, 0) is 23.9 Å². The van der Waals surface area contributed by atoms with Crippen molar-refractivity contribution in [2.45, 2.75) is 0 Å². The van der Waals surface area contributed by atoms with E-state index in [2.05, 4.69) is 26.5 Å². The minimum atomic E-state index is -0.105. The number of thiazole rings is 1. The molecule has 128 valence electrons. The lowest BCUT2D eigenvalue weighted by atomic mass is 10.1. The molecule has 0 bridgehead atoms. The van der Waals surface area contributed by atoms with E-state index in [0.717, 1.165) is 16.6 Å². The predicted octanol–water partition coefficient (Wildman–Crippen LogP) is 3.88. The van der Waals surface area contributed by atoms with Crippen molar-refractivity contribution in [1.29, 1.82) is 0 Å². The van der Waals surface area contributed by atoms with E-state index in [-0.39, 0.29) is 5.91 Å². The quantitative estimate of drug-likeness (QED) is 0.508. The lowest BCUT2D eigenvalue weighted by Crippen LogP contribution is -2.29. The van der Waals surface area contributed by atoms with Gasteiger partial charge in [0, 0.05) is 36.1 Å². The first kappa shape index (κ1) is 16.6. The molecule has 0 aliphatic carbocycles. The van der Waals surface area contributed by atoms with Crippen LogP contribution < -0.4 is 0 Å². The molecule has 0 spiro atoms. The summed E-state index contributed by atoms with van der Waals surface area (Å²) in [5.41, 5.74) is 2.40. The molecule has 1 saturated heterocycles. The van der Waals surface area contributed by atoms with E-state index in [0.29, 0.717) is 21.7 Å². The molecule has 0 radical (unpaired) electrons. The largest absolute Gasteiger partial charge is 0.282 e. The molecule has 3 aromatic rings. The summed E-state index contributed by atoms with van der Waals surface area (Å²) >= 11 is 2.75. The number of hydrogen-bond donors (Lipinski definition) is 0. The van der Waals surface area contributed by atoms with Gasteiger partial charge in [-0.1, -0.05) is 18.2 Å². The zero-order valence-corrected chi connectivity index (χ0v) is 15.2. The van der Waals surface area contributed by atoms with Crippen LogP contribution in [0.3, 0.4) is 0 Å². The standard InChI is InChI=1S/C18H13N5OS2/c1-2-9-23-16(24)14(26-18(23)22-17-21-8-10-25-17)11-12-4-3-5-13-15(12)20-7-6-19-13/h2-8,10-11H,1,9H2/b14-11-,22-18?. The summed E-state index contributed by atoms with van der Waals surface area (Å²) in [5, 5.41) is 3.07. The van der Waals surface area contributed by atoms with E-state index in [1.807, 2.05) is 29.7 Å². The predicted molar refractivity (Wildman–Crippen MR) is 106 cm³/mol. The number of benzene rings is 1. The minimum Gasteiger partial charge on any atom is -0.282 e. The summed E-state index contributed by atoms with van der Waals surface area (Å²) in [5.74, 6) is -0.105. The van der Waals surface area contributed by atoms with Gasteiger partial charge in [0.2, 0.25) is 5.13 Å². The summed E-state index contributed by atoms with van der Waals surface area (Å²) in [4.78, 5) is 32.4. The Balaban J connectivity index is 1.75. The molecule has 4 rings (SSSR count). The van der Waals surface area contributed by atoms with Crippen LogP contribution in [0.2, 0.25) is 0 Å². The van der Waals surface area contributed by atoms with Crippen LogP contribution in [0.15, 0.2) is 64.7 Å². The first-order chi connectivity index (χ1) is 12.8. The molecule has 0 unspecified atom stereocenters. The maximum absolute atomic E-state index is 12.8. The van der Waals surface area contributed by atoms with Crippen molar-refractivity contribution in [1.82, 2.24) is 19.9 Å². The van der Waals surface area contributed by atoms with Crippen molar-refractivity contribution in [3.63, 3.8) is 0 Å². The average molecular weight is 379 g/mol. The number of amidine groups is 1. The smallest absolute Gasteiger partial charge is 0.267 e. The fraction of sp³-hybridized carbons (Fsp3) is 0.0556. The van der Waals surface area contributed by atoms with Gasteiger partial charge in [-0.3, -0.25) is 19.7 Å². The van der Waals surface area contributed by atoms with E-state index in [9.17, 15) is 4.79 Å². The minimum absolute atomic E-state index is 0.105. The van der Waals surface area contributed by atoms with Gasteiger partial charge in [0.1, 0.15) is 0 Å². The number of para-hydroxylation sites is 1. The second-order valence-corrected chi connectivity index (χ2v) is 7.18. The average Bonchev–Trinajstić information content (AvgIpc) is 3.27. The highest BCUT2D eigenvalue weighted by molar-refractivity contribution is 8.18. The van der Waals surface area contributed by atoms with Crippen molar-refractivity contribution >= 4 is 56.4 Å². The topological polar surface area (TPSA) is 71.3 Å². The van der Waals surface area contributed by atoms with Crippen molar-refractivity contribution < 1.29 is 4.79 Å². The van der Waals surface area contributed by atoms with Gasteiger partial charge >= 0.3 is 0 Å². The molecule has 8 heteroatoms. The monoisotopic (exact) mass is 379 g/mol. The second kappa shape index (κ2) is 7.19. The molecule has 2 aromatic heterocycles. The van der Waals surface area contributed by atoms with E-state index in [1.54, 1.807) is 29.6 Å². The molecule has 1 aromatic carbocycles. The highest BCUT2D eigenvalue weighted by atomic mass is 32.2. The van der Waals surface area contributed by atoms with Crippen molar-refractivity contribution in [2.75, 3.05) is 6.54 Å². The van der Waals surface area contributed by atoms with E-state index < -0.39 is 0 Å². The van der Waals surface area contributed by atoms with Crippen LogP contribution in [-0.2, 0) is 4.79 Å². The second-order valence-electron chi connectivity index (χ2n) is 5.30. The van der Waals surface area contributed by atoms with Gasteiger partial charge in [0.25, 0.3) is 5.91 Å². The van der Waals surface area contributed by atoms with Crippen molar-refractivity contribution in [3.05, 3.63) is 65.3 Å². The summed E-state index contributed by atoms with van der Waals surface area (Å²) < 4.78 is 0. The fourth-order valence-corrected chi connectivity index (χ4v) is 4.05. The zero-order valence-electron chi connectivity index (χ0n) is 13.6. The SMILES string of the molecule is C=CCN1C(=O)/C(=C/c2cccc3nccnc23)SC1=Nc1nccs1. The van der Waals surface area contributed by atoms with Crippen LogP contribution in [0.25, 0.3) is 17.1 Å². The van der Waals surface area contributed by atoms with Crippen molar-refractivity contribution in [2.24, 2.45) is 4.99 Å². The molecule has 26 heavy (non-hydrogen) atoms. The number of rotatable bonds is 4. The molecule has 6 nitrogen and oxygen atoms in total. The Morgan fingerprint density at radius 1 is 1.19 bits per heavy atom. The van der Waals surface area contributed by atoms with Gasteiger partial charge in [-0.25, -0.2) is 4.98 Å². The van der Waals surface area contributed by atoms with E-state index >= 15 is 0 Å². The zero-order chi connectivity index (χ0) is 17.9. The molecular weight excluding hydrogens is 366 g/mol. The highest BCUT2D eigenvalue weighted by Gasteiger charge is 2.33. The third-order valence-electron chi connectivity index (χ3n) is 3.63. The van der Waals surface area contributed by atoms with Gasteiger partial charge in [-0.15, -0.1) is 17.9 Å². The van der Waals surface area contributed by atoms with Gasteiger partial charge in [-0.2, -0.15) is 4.99 Å². The highest BCUT2D eigenvalue weighted by Crippen LogP contribution is 2.35. The Labute approximate surface area is 158 Å². The number of nitrogens with zero attached hydrogens (tertiary/aromatic N) is 5. The summed E-state index contributed by atoms with van der Waals surface area (Å²) in [6.45, 7) is 4.12. The summed E-state index contributed by atoms with van der Waals surface area (Å²) in [7, 11) is 0. The first-order valence-electron chi connectivity index (χ1n) is 7.76. The fourth-order valence-electron chi connectivity index (χ4n) is 2.51. The number of fused-ring (bicyclic) bond motifs is 1. The lowest BCUT2D eigenvalue weighted by molar-refractivity contribution is -0.121. The van der Waals surface area contributed by atoms with Crippen LogP contribution in [-0.4, -0.2) is 37.5 Å². The van der Waals surface area contributed by atoms with Crippen LogP contribution in [0.1, 0.15) is 5.56 Å². The third-order valence-corrected chi connectivity index (χ3v) is 5.30. The molecule has 1 aliphatic heterocycles. The van der Waals surface area contributed by atoms with Crippen LogP contribution in [0.4, 0.5) is 5.13 Å². The van der Waals surface area contributed by atoms with Crippen LogP contribution >= 0.6 is 23.1 Å².